The van der Waals surface area contributed by atoms with Crippen molar-refractivity contribution in [3.63, 3.8) is 0 Å². The van der Waals surface area contributed by atoms with Crippen LogP contribution >= 0.6 is 11.6 Å². The van der Waals surface area contributed by atoms with Gasteiger partial charge in [0.2, 0.25) is 0 Å². The molecule has 0 saturated carbocycles. The molecule has 2 heterocycles. The molecule has 2 aromatic heterocycles. The molecule has 0 bridgehead atoms. The number of hydrogen-bond donors (Lipinski definition) is 1. The minimum absolute atomic E-state index is 0.0141. The minimum atomic E-state index is 0.0141. The summed E-state index contributed by atoms with van der Waals surface area (Å²) < 4.78 is 3.74. The lowest BCUT2D eigenvalue weighted by Crippen LogP contribution is -2.21. The number of rotatable bonds is 5. The molecular formula is C12H18ClN5. The van der Waals surface area contributed by atoms with Crippen molar-refractivity contribution in [1.29, 1.82) is 0 Å². The second kappa shape index (κ2) is 5.54. The van der Waals surface area contributed by atoms with Gasteiger partial charge in [0.05, 0.1) is 29.2 Å². The number of nitrogens with zero attached hydrogens (tertiary/aromatic N) is 4. The molecule has 1 atom stereocenters. The third-order valence-corrected chi connectivity index (χ3v) is 3.18. The maximum Gasteiger partial charge on any atom is 0.0837 e. The highest BCUT2D eigenvalue weighted by molar-refractivity contribution is 6.31. The highest BCUT2D eigenvalue weighted by Crippen LogP contribution is 2.27. The lowest BCUT2D eigenvalue weighted by molar-refractivity contribution is 0.534. The SMILES string of the molecule is CCCn1ncc(Cl)c1C(NC)c1cnn(C)c1. The second-order valence-electron chi connectivity index (χ2n) is 4.27. The van der Waals surface area contributed by atoms with Crippen molar-refractivity contribution < 1.29 is 0 Å². The van der Waals surface area contributed by atoms with Crippen LogP contribution in [0.3, 0.4) is 0 Å². The summed E-state index contributed by atoms with van der Waals surface area (Å²) in [6, 6.07) is 0.0141. The molecule has 0 spiro atoms. The molecule has 0 aliphatic heterocycles. The normalized spacial score (nSPS) is 12.9. The van der Waals surface area contributed by atoms with Gasteiger partial charge >= 0.3 is 0 Å². The summed E-state index contributed by atoms with van der Waals surface area (Å²) in [7, 11) is 3.82. The molecule has 0 aromatic carbocycles. The van der Waals surface area contributed by atoms with Gasteiger partial charge in [0.25, 0.3) is 0 Å². The van der Waals surface area contributed by atoms with Crippen molar-refractivity contribution in [3.05, 3.63) is 34.9 Å². The molecule has 5 nitrogen and oxygen atoms in total. The zero-order valence-electron chi connectivity index (χ0n) is 10.9. The Balaban J connectivity index is 2.41. The van der Waals surface area contributed by atoms with Gasteiger partial charge in [0.15, 0.2) is 0 Å². The monoisotopic (exact) mass is 267 g/mol. The average Bonchev–Trinajstić information content (AvgIpc) is 2.91. The van der Waals surface area contributed by atoms with Crippen molar-refractivity contribution in [1.82, 2.24) is 24.9 Å². The van der Waals surface area contributed by atoms with Gasteiger partial charge in [-0.1, -0.05) is 18.5 Å². The quantitative estimate of drug-likeness (QED) is 0.901. The maximum absolute atomic E-state index is 6.26. The largest absolute Gasteiger partial charge is 0.308 e. The molecule has 0 fully saturated rings. The van der Waals surface area contributed by atoms with E-state index in [2.05, 4.69) is 22.4 Å². The average molecular weight is 268 g/mol. The molecule has 98 valence electrons. The maximum atomic E-state index is 6.26. The van der Waals surface area contributed by atoms with Crippen LogP contribution in [0.1, 0.15) is 30.6 Å². The predicted molar refractivity (Wildman–Crippen MR) is 71.6 cm³/mol. The molecule has 0 aliphatic carbocycles. The van der Waals surface area contributed by atoms with Gasteiger partial charge in [-0.25, -0.2) is 0 Å². The van der Waals surface area contributed by atoms with E-state index in [4.69, 9.17) is 11.6 Å². The van der Waals surface area contributed by atoms with E-state index in [0.29, 0.717) is 5.02 Å². The van der Waals surface area contributed by atoms with Crippen LogP contribution in [0, 0.1) is 0 Å². The lowest BCUT2D eigenvalue weighted by atomic mass is 10.1. The highest BCUT2D eigenvalue weighted by Gasteiger charge is 2.21. The Labute approximate surface area is 112 Å². The summed E-state index contributed by atoms with van der Waals surface area (Å²) >= 11 is 6.26. The standard InChI is InChI=1S/C12H18ClN5/c1-4-5-18-12(10(13)7-16-18)11(14-2)9-6-15-17(3)8-9/h6-8,11,14H,4-5H2,1-3H3. The number of halogens is 1. The lowest BCUT2D eigenvalue weighted by Gasteiger charge is -2.17. The van der Waals surface area contributed by atoms with Crippen molar-refractivity contribution in [2.45, 2.75) is 25.9 Å². The number of nitrogens with one attached hydrogen (secondary N) is 1. The van der Waals surface area contributed by atoms with E-state index >= 15 is 0 Å². The van der Waals surface area contributed by atoms with Crippen LogP contribution in [0.4, 0.5) is 0 Å². The van der Waals surface area contributed by atoms with Crippen LogP contribution in [-0.2, 0) is 13.6 Å². The van der Waals surface area contributed by atoms with E-state index in [1.807, 2.05) is 31.2 Å². The zero-order chi connectivity index (χ0) is 13.1. The van der Waals surface area contributed by atoms with Gasteiger partial charge in [0, 0.05) is 25.4 Å². The van der Waals surface area contributed by atoms with E-state index in [1.54, 1.807) is 10.9 Å². The van der Waals surface area contributed by atoms with Gasteiger partial charge in [-0.05, 0) is 13.5 Å². The second-order valence-corrected chi connectivity index (χ2v) is 4.68. The first-order chi connectivity index (χ1) is 8.67. The molecule has 2 aromatic rings. The minimum Gasteiger partial charge on any atom is -0.308 e. The van der Waals surface area contributed by atoms with Gasteiger partial charge in [-0.15, -0.1) is 0 Å². The third kappa shape index (κ3) is 2.42. The molecule has 6 heteroatoms. The fraction of sp³-hybridized carbons (Fsp3) is 0.500. The summed E-state index contributed by atoms with van der Waals surface area (Å²) in [6.07, 6.45) is 6.56. The first kappa shape index (κ1) is 13.1. The first-order valence-electron chi connectivity index (χ1n) is 6.04. The van der Waals surface area contributed by atoms with E-state index in [0.717, 1.165) is 24.2 Å². The third-order valence-electron chi connectivity index (χ3n) is 2.89. The molecule has 18 heavy (non-hydrogen) atoms. The Hall–Kier alpha value is -1.33. The Bertz CT molecular complexity index is 516. The van der Waals surface area contributed by atoms with Gasteiger partial charge < -0.3 is 5.32 Å². The molecular weight excluding hydrogens is 250 g/mol. The Morgan fingerprint density at radius 2 is 2.17 bits per heavy atom. The molecule has 0 saturated heterocycles. The summed E-state index contributed by atoms with van der Waals surface area (Å²) in [4.78, 5) is 0. The predicted octanol–water partition coefficient (Wildman–Crippen LogP) is 1.99. The summed E-state index contributed by atoms with van der Waals surface area (Å²) in [5.41, 5.74) is 2.08. The van der Waals surface area contributed by atoms with Crippen LogP contribution in [0.25, 0.3) is 0 Å². The van der Waals surface area contributed by atoms with Crippen molar-refractivity contribution >= 4 is 11.6 Å². The summed E-state index contributed by atoms with van der Waals surface area (Å²) in [5, 5.41) is 12.5. The van der Waals surface area contributed by atoms with Gasteiger partial charge in [-0.3, -0.25) is 9.36 Å². The number of aryl methyl sites for hydroxylation is 2. The van der Waals surface area contributed by atoms with E-state index in [1.165, 1.54) is 0 Å². The first-order valence-corrected chi connectivity index (χ1v) is 6.42. The Morgan fingerprint density at radius 1 is 1.39 bits per heavy atom. The van der Waals surface area contributed by atoms with Crippen LogP contribution in [0.5, 0.6) is 0 Å². The van der Waals surface area contributed by atoms with Crippen LogP contribution in [-0.4, -0.2) is 26.6 Å². The molecule has 2 rings (SSSR count). The van der Waals surface area contributed by atoms with Crippen molar-refractivity contribution in [2.75, 3.05) is 7.05 Å². The molecule has 1 unspecified atom stereocenters. The van der Waals surface area contributed by atoms with Crippen LogP contribution in [0.15, 0.2) is 18.6 Å². The zero-order valence-corrected chi connectivity index (χ0v) is 11.6. The number of aromatic nitrogens is 4. The van der Waals surface area contributed by atoms with Crippen LogP contribution < -0.4 is 5.32 Å². The molecule has 1 N–H and O–H groups in total. The molecule has 0 aliphatic rings. The number of hydrogen-bond acceptors (Lipinski definition) is 3. The van der Waals surface area contributed by atoms with E-state index < -0.39 is 0 Å². The molecule has 0 radical (unpaired) electrons. The highest BCUT2D eigenvalue weighted by atomic mass is 35.5. The smallest absolute Gasteiger partial charge is 0.0837 e. The van der Waals surface area contributed by atoms with E-state index in [9.17, 15) is 0 Å². The van der Waals surface area contributed by atoms with Crippen molar-refractivity contribution in [2.24, 2.45) is 7.05 Å². The summed E-state index contributed by atoms with van der Waals surface area (Å²) in [5.74, 6) is 0. The summed E-state index contributed by atoms with van der Waals surface area (Å²) in [6.45, 7) is 2.98. The van der Waals surface area contributed by atoms with Gasteiger partial charge in [0.1, 0.15) is 0 Å². The molecule has 0 amide bonds. The van der Waals surface area contributed by atoms with E-state index in [-0.39, 0.29) is 6.04 Å². The van der Waals surface area contributed by atoms with Crippen LogP contribution in [0.2, 0.25) is 5.02 Å². The van der Waals surface area contributed by atoms with Gasteiger partial charge in [-0.2, -0.15) is 10.2 Å². The topological polar surface area (TPSA) is 47.7 Å². The fourth-order valence-corrected chi connectivity index (χ4v) is 2.35. The Morgan fingerprint density at radius 3 is 2.72 bits per heavy atom. The Kier molecular flexibility index (Phi) is 4.04. The van der Waals surface area contributed by atoms with Crippen molar-refractivity contribution in [3.8, 4) is 0 Å². The fourth-order valence-electron chi connectivity index (χ4n) is 2.10.